The molecule has 0 saturated heterocycles. The molecule has 5 nitrogen and oxygen atoms in total. The minimum Gasteiger partial charge on any atom is -0.495 e. The normalized spacial score (nSPS) is 16.7. The molecule has 1 unspecified atom stereocenters. The molecule has 2 aromatic carbocycles. The molecule has 1 aliphatic rings. The maximum absolute atomic E-state index is 13.8. The molecule has 0 radical (unpaired) electrons. The van der Waals surface area contributed by atoms with Crippen molar-refractivity contribution in [3.8, 4) is 5.75 Å². The van der Waals surface area contributed by atoms with Crippen molar-refractivity contribution in [2.75, 3.05) is 12.0 Å². The SMILES string of the molecule is COc1cc2c(cc1Br)CCC(C(=O)OC(C)(C)C)C(=O)N2Cc1cccc(F)c1. The predicted molar refractivity (Wildman–Crippen MR) is 116 cm³/mol. The number of amides is 1. The molecule has 30 heavy (non-hydrogen) atoms. The van der Waals surface area contributed by atoms with Crippen LogP contribution in [0, 0.1) is 11.7 Å². The molecule has 0 saturated carbocycles. The third kappa shape index (κ3) is 5.01. The van der Waals surface area contributed by atoms with E-state index in [4.69, 9.17) is 9.47 Å². The van der Waals surface area contributed by atoms with Crippen LogP contribution in [0.4, 0.5) is 10.1 Å². The van der Waals surface area contributed by atoms with E-state index >= 15 is 0 Å². The molecule has 1 heterocycles. The lowest BCUT2D eigenvalue weighted by Gasteiger charge is -2.28. The number of nitrogens with zero attached hydrogens (tertiary/aromatic N) is 1. The summed E-state index contributed by atoms with van der Waals surface area (Å²) in [7, 11) is 1.55. The van der Waals surface area contributed by atoms with E-state index in [1.165, 1.54) is 17.0 Å². The molecule has 0 spiro atoms. The van der Waals surface area contributed by atoms with E-state index in [9.17, 15) is 14.0 Å². The van der Waals surface area contributed by atoms with E-state index in [0.717, 1.165) is 10.0 Å². The maximum Gasteiger partial charge on any atom is 0.319 e. The Morgan fingerprint density at radius 2 is 2.00 bits per heavy atom. The van der Waals surface area contributed by atoms with Crippen LogP contribution < -0.4 is 9.64 Å². The number of carbonyl (C=O) groups excluding carboxylic acids is 2. The first-order chi connectivity index (χ1) is 14.1. The van der Waals surface area contributed by atoms with Crippen molar-refractivity contribution >= 4 is 33.5 Å². The summed E-state index contributed by atoms with van der Waals surface area (Å²) >= 11 is 3.49. The van der Waals surface area contributed by atoms with Crippen molar-refractivity contribution in [2.45, 2.75) is 45.8 Å². The highest BCUT2D eigenvalue weighted by Crippen LogP contribution is 2.38. The zero-order valence-electron chi connectivity index (χ0n) is 17.5. The predicted octanol–water partition coefficient (Wildman–Crippen LogP) is 5.03. The van der Waals surface area contributed by atoms with E-state index in [1.807, 2.05) is 6.07 Å². The minimum atomic E-state index is -0.935. The Balaban J connectivity index is 2.05. The number of benzene rings is 2. The lowest BCUT2D eigenvalue weighted by Crippen LogP contribution is -2.41. The van der Waals surface area contributed by atoms with Gasteiger partial charge in [0.05, 0.1) is 23.8 Å². The Hall–Kier alpha value is -2.41. The zero-order chi connectivity index (χ0) is 22.1. The fraction of sp³-hybridized carbons (Fsp3) is 0.391. The second kappa shape index (κ2) is 8.76. The van der Waals surface area contributed by atoms with Crippen LogP contribution in [-0.2, 0) is 27.3 Å². The van der Waals surface area contributed by atoms with Crippen LogP contribution in [0.2, 0.25) is 0 Å². The number of methoxy groups -OCH3 is 1. The molecule has 0 aromatic heterocycles. The quantitative estimate of drug-likeness (QED) is 0.457. The summed E-state index contributed by atoms with van der Waals surface area (Å²) < 4.78 is 25.4. The third-order valence-corrected chi connectivity index (χ3v) is 5.45. The number of hydrogen-bond donors (Lipinski definition) is 0. The highest BCUT2D eigenvalue weighted by molar-refractivity contribution is 9.10. The van der Waals surface area contributed by atoms with E-state index < -0.39 is 17.5 Å². The van der Waals surface area contributed by atoms with Gasteiger partial charge >= 0.3 is 5.97 Å². The van der Waals surface area contributed by atoms with Crippen molar-refractivity contribution in [1.82, 2.24) is 0 Å². The smallest absolute Gasteiger partial charge is 0.319 e. The average molecular weight is 478 g/mol. The molecule has 1 atom stereocenters. The summed E-state index contributed by atoms with van der Waals surface area (Å²) in [6, 6.07) is 9.76. The first-order valence-corrected chi connectivity index (χ1v) is 10.5. The summed E-state index contributed by atoms with van der Waals surface area (Å²) in [6.07, 6.45) is 0.854. The number of esters is 1. The number of ether oxygens (including phenoxy) is 2. The van der Waals surface area contributed by atoms with Gasteiger partial charge in [0, 0.05) is 6.07 Å². The topological polar surface area (TPSA) is 55.8 Å². The Bertz CT molecular complexity index is 970. The molecule has 0 fully saturated rings. The second-order valence-corrected chi connectivity index (χ2v) is 9.15. The molecule has 1 amide bonds. The van der Waals surface area contributed by atoms with Crippen LogP contribution in [0.5, 0.6) is 5.75 Å². The van der Waals surface area contributed by atoms with Gasteiger partial charge in [-0.15, -0.1) is 0 Å². The van der Waals surface area contributed by atoms with Gasteiger partial charge in [0.2, 0.25) is 5.91 Å². The van der Waals surface area contributed by atoms with Crippen molar-refractivity contribution in [1.29, 1.82) is 0 Å². The van der Waals surface area contributed by atoms with Gasteiger partial charge in [0.1, 0.15) is 23.1 Å². The van der Waals surface area contributed by atoms with Gasteiger partial charge in [-0.25, -0.2) is 4.39 Å². The van der Waals surface area contributed by atoms with Gasteiger partial charge < -0.3 is 14.4 Å². The van der Waals surface area contributed by atoms with Gasteiger partial charge in [-0.1, -0.05) is 12.1 Å². The molecule has 160 valence electrons. The highest BCUT2D eigenvalue weighted by atomic mass is 79.9. The van der Waals surface area contributed by atoms with Gasteiger partial charge in [-0.05, 0) is 78.9 Å². The number of hydrogen-bond acceptors (Lipinski definition) is 4. The third-order valence-electron chi connectivity index (χ3n) is 4.83. The minimum absolute atomic E-state index is 0.133. The van der Waals surface area contributed by atoms with Gasteiger partial charge in [-0.3, -0.25) is 9.59 Å². The van der Waals surface area contributed by atoms with Crippen LogP contribution in [-0.4, -0.2) is 24.6 Å². The largest absolute Gasteiger partial charge is 0.495 e. The Morgan fingerprint density at radius 3 is 2.63 bits per heavy atom. The standard InChI is InChI=1S/C23H25BrFNO4/c1-23(2,3)30-22(28)17-9-8-15-11-18(24)20(29-4)12-19(15)26(21(17)27)13-14-6-5-7-16(25)10-14/h5-7,10-12,17H,8-9,13H2,1-4H3. The van der Waals surface area contributed by atoms with Crippen LogP contribution >= 0.6 is 15.9 Å². The first kappa shape index (κ1) is 22.3. The number of fused-ring (bicyclic) bond motifs is 1. The molecule has 7 heteroatoms. The van der Waals surface area contributed by atoms with Gasteiger partial charge in [0.15, 0.2) is 0 Å². The first-order valence-electron chi connectivity index (χ1n) is 9.74. The molecule has 2 aromatic rings. The lowest BCUT2D eigenvalue weighted by molar-refractivity contribution is -0.162. The van der Waals surface area contributed by atoms with E-state index in [1.54, 1.807) is 46.1 Å². The summed E-state index contributed by atoms with van der Waals surface area (Å²) in [5, 5.41) is 0. The van der Waals surface area contributed by atoms with Crippen LogP contribution in [0.3, 0.4) is 0 Å². The van der Waals surface area contributed by atoms with Crippen LogP contribution in [0.25, 0.3) is 0 Å². The number of aryl methyl sites for hydroxylation is 1. The fourth-order valence-electron chi connectivity index (χ4n) is 3.49. The second-order valence-electron chi connectivity index (χ2n) is 8.29. The van der Waals surface area contributed by atoms with E-state index in [2.05, 4.69) is 15.9 Å². The molecular weight excluding hydrogens is 453 g/mol. The molecule has 0 bridgehead atoms. The average Bonchev–Trinajstić information content (AvgIpc) is 2.77. The van der Waals surface area contributed by atoms with Crippen molar-refractivity contribution in [3.05, 3.63) is 57.8 Å². The number of halogens is 2. The van der Waals surface area contributed by atoms with Crippen LogP contribution in [0.15, 0.2) is 40.9 Å². The lowest BCUT2D eigenvalue weighted by atomic mass is 10.00. The van der Waals surface area contributed by atoms with E-state index in [-0.39, 0.29) is 18.3 Å². The molecular formula is C23H25BrFNO4. The van der Waals surface area contributed by atoms with Crippen molar-refractivity contribution in [2.24, 2.45) is 5.92 Å². The number of anilines is 1. The van der Waals surface area contributed by atoms with Gasteiger partial charge in [0.25, 0.3) is 0 Å². The van der Waals surface area contributed by atoms with Crippen molar-refractivity contribution in [3.63, 3.8) is 0 Å². The molecule has 3 rings (SSSR count). The fourth-order valence-corrected chi connectivity index (χ4v) is 4.05. The summed E-state index contributed by atoms with van der Waals surface area (Å²) in [5.41, 5.74) is 1.48. The van der Waals surface area contributed by atoms with Gasteiger partial charge in [-0.2, -0.15) is 0 Å². The molecule has 0 N–H and O–H groups in total. The molecule has 1 aliphatic heterocycles. The Kier molecular flexibility index (Phi) is 6.50. The summed E-state index contributed by atoms with van der Waals surface area (Å²) in [5.74, 6) is -1.66. The number of rotatable bonds is 4. The van der Waals surface area contributed by atoms with E-state index in [0.29, 0.717) is 29.8 Å². The Labute approximate surface area is 184 Å². The Morgan fingerprint density at radius 1 is 1.27 bits per heavy atom. The van der Waals surface area contributed by atoms with Crippen LogP contribution in [0.1, 0.15) is 38.3 Å². The monoisotopic (exact) mass is 477 g/mol. The summed E-state index contributed by atoms with van der Waals surface area (Å²) in [6.45, 7) is 5.45. The molecule has 0 aliphatic carbocycles. The number of carbonyl (C=O) groups is 2. The maximum atomic E-state index is 13.8. The highest BCUT2D eigenvalue weighted by Gasteiger charge is 2.38. The van der Waals surface area contributed by atoms with Crippen molar-refractivity contribution < 1.29 is 23.5 Å². The zero-order valence-corrected chi connectivity index (χ0v) is 19.1. The summed E-state index contributed by atoms with van der Waals surface area (Å²) in [4.78, 5) is 27.8.